The fourth-order valence-corrected chi connectivity index (χ4v) is 4.44. The number of amides is 3. The van der Waals surface area contributed by atoms with E-state index in [1.54, 1.807) is 11.8 Å². The van der Waals surface area contributed by atoms with Crippen molar-refractivity contribution < 1.29 is 14.4 Å². The van der Waals surface area contributed by atoms with Crippen LogP contribution >= 0.6 is 0 Å². The summed E-state index contributed by atoms with van der Waals surface area (Å²) in [6, 6.07) is 16.4. The van der Waals surface area contributed by atoms with Gasteiger partial charge in [0.25, 0.3) is 5.91 Å². The Morgan fingerprint density at radius 3 is 2.52 bits per heavy atom. The molecule has 1 aliphatic rings. The van der Waals surface area contributed by atoms with E-state index in [1.165, 1.54) is 0 Å². The Hall–Kier alpha value is -3.61. The summed E-state index contributed by atoms with van der Waals surface area (Å²) in [5.41, 5.74) is 2.64. The molecule has 2 N–H and O–H groups in total. The molecule has 0 saturated carbocycles. The van der Waals surface area contributed by atoms with Crippen LogP contribution in [0.5, 0.6) is 0 Å². The van der Waals surface area contributed by atoms with Gasteiger partial charge in [0.1, 0.15) is 6.04 Å². The predicted molar refractivity (Wildman–Crippen MR) is 128 cm³/mol. The first-order chi connectivity index (χ1) is 16.0. The molecule has 0 aliphatic carbocycles. The van der Waals surface area contributed by atoms with Crippen molar-refractivity contribution in [2.45, 2.75) is 38.8 Å². The van der Waals surface area contributed by atoms with Gasteiger partial charge < -0.3 is 20.1 Å². The SMILES string of the molecule is CCC(=O)NC(Cc1c[nH]c2ccccc12)C(=O)N1CCN(C(=O)c2ccccc2)C(C)C1. The molecule has 1 saturated heterocycles. The number of aromatic amines is 1. The number of fused-ring (bicyclic) bond motifs is 1. The minimum absolute atomic E-state index is 0.0233. The number of nitrogens with zero attached hydrogens (tertiary/aromatic N) is 2. The zero-order chi connectivity index (χ0) is 23.4. The van der Waals surface area contributed by atoms with Gasteiger partial charge in [-0.05, 0) is 30.7 Å². The molecule has 3 aromatic rings. The van der Waals surface area contributed by atoms with Gasteiger partial charge in [-0.3, -0.25) is 14.4 Å². The molecular weight excluding hydrogens is 416 g/mol. The lowest BCUT2D eigenvalue weighted by Gasteiger charge is -2.41. The lowest BCUT2D eigenvalue weighted by atomic mass is 10.0. The average Bonchev–Trinajstić information content (AvgIpc) is 3.26. The van der Waals surface area contributed by atoms with Crippen molar-refractivity contribution in [1.82, 2.24) is 20.1 Å². The molecule has 7 heteroatoms. The maximum absolute atomic E-state index is 13.5. The largest absolute Gasteiger partial charge is 0.361 e. The van der Waals surface area contributed by atoms with Crippen molar-refractivity contribution in [1.29, 1.82) is 0 Å². The summed E-state index contributed by atoms with van der Waals surface area (Å²) in [4.78, 5) is 45.5. The minimum Gasteiger partial charge on any atom is -0.361 e. The summed E-state index contributed by atoms with van der Waals surface area (Å²) in [6.45, 7) is 5.07. The number of carbonyl (C=O) groups excluding carboxylic acids is 3. The molecule has 7 nitrogen and oxygen atoms in total. The van der Waals surface area contributed by atoms with Crippen LogP contribution in [-0.2, 0) is 16.0 Å². The van der Waals surface area contributed by atoms with Gasteiger partial charge in [0, 0.05) is 61.2 Å². The Morgan fingerprint density at radius 1 is 1.06 bits per heavy atom. The van der Waals surface area contributed by atoms with Crippen LogP contribution in [0.15, 0.2) is 60.8 Å². The Kier molecular flexibility index (Phi) is 6.77. The number of para-hydroxylation sites is 1. The summed E-state index contributed by atoms with van der Waals surface area (Å²) < 4.78 is 0. The lowest BCUT2D eigenvalue weighted by Crippen LogP contribution is -2.59. The summed E-state index contributed by atoms with van der Waals surface area (Å²) in [7, 11) is 0. The molecule has 172 valence electrons. The van der Waals surface area contributed by atoms with Crippen molar-refractivity contribution in [3.05, 3.63) is 71.9 Å². The van der Waals surface area contributed by atoms with Crippen LogP contribution in [0.25, 0.3) is 10.9 Å². The molecule has 2 aromatic carbocycles. The van der Waals surface area contributed by atoms with Gasteiger partial charge in [0.15, 0.2) is 0 Å². The molecule has 33 heavy (non-hydrogen) atoms. The lowest BCUT2D eigenvalue weighted by molar-refractivity contribution is -0.138. The van der Waals surface area contributed by atoms with Gasteiger partial charge in [-0.2, -0.15) is 0 Å². The third-order valence-corrected chi connectivity index (χ3v) is 6.27. The molecule has 1 aromatic heterocycles. The first-order valence-electron chi connectivity index (χ1n) is 11.5. The smallest absolute Gasteiger partial charge is 0.254 e. The third-order valence-electron chi connectivity index (χ3n) is 6.27. The van der Waals surface area contributed by atoms with Crippen LogP contribution in [-0.4, -0.2) is 64.2 Å². The number of nitrogens with one attached hydrogen (secondary N) is 2. The summed E-state index contributed by atoms with van der Waals surface area (Å²) in [6.07, 6.45) is 2.63. The second-order valence-electron chi connectivity index (χ2n) is 8.54. The predicted octanol–water partition coefficient (Wildman–Crippen LogP) is 2.98. The number of aromatic nitrogens is 1. The number of hydrogen-bond donors (Lipinski definition) is 2. The van der Waals surface area contributed by atoms with Crippen LogP contribution in [0.1, 0.15) is 36.2 Å². The number of benzene rings is 2. The maximum Gasteiger partial charge on any atom is 0.254 e. The normalized spacial score (nSPS) is 17.1. The first kappa shape index (κ1) is 22.6. The van der Waals surface area contributed by atoms with Crippen molar-refractivity contribution >= 4 is 28.6 Å². The molecule has 4 rings (SSSR count). The highest BCUT2D eigenvalue weighted by Crippen LogP contribution is 2.21. The van der Waals surface area contributed by atoms with Gasteiger partial charge in [0.05, 0.1) is 0 Å². The summed E-state index contributed by atoms with van der Waals surface area (Å²) in [5, 5.41) is 3.97. The second kappa shape index (κ2) is 9.90. The van der Waals surface area contributed by atoms with Gasteiger partial charge in [-0.1, -0.05) is 43.3 Å². The highest BCUT2D eigenvalue weighted by molar-refractivity contribution is 5.95. The zero-order valence-corrected chi connectivity index (χ0v) is 19.1. The summed E-state index contributed by atoms with van der Waals surface area (Å²) in [5.74, 6) is -0.287. The maximum atomic E-state index is 13.5. The molecule has 1 aliphatic heterocycles. The van der Waals surface area contributed by atoms with Crippen molar-refractivity contribution in [2.75, 3.05) is 19.6 Å². The van der Waals surface area contributed by atoms with E-state index in [2.05, 4.69) is 10.3 Å². The minimum atomic E-state index is -0.653. The molecule has 0 bridgehead atoms. The fourth-order valence-electron chi connectivity index (χ4n) is 4.44. The molecule has 2 unspecified atom stereocenters. The van der Waals surface area contributed by atoms with Crippen molar-refractivity contribution in [3.63, 3.8) is 0 Å². The second-order valence-corrected chi connectivity index (χ2v) is 8.54. The molecule has 2 atom stereocenters. The zero-order valence-electron chi connectivity index (χ0n) is 19.1. The topological polar surface area (TPSA) is 85.5 Å². The van der Waals surface area contributed by atoms with Gasteiger partial charge in [0.2, 0.25) is 11.8 Å². The van der Waals surface area contributed by atoms with Crippen LogP contribution in [0.2, 0.25) is 0 Å². The number of rotatable bonds is 6. The van der Waals surface area contributed by atoms with Crippen LogP contribution < -0.4 is 5.32 Å². The molecular formula is C26H30N4O3. The highest BCUT2D eigenvalue weighted by Gasteiger charge is 2.34. The van der Waals surface area contributed by atoms with Crippen molar-refractivity contribution in [3.8, 4) is 0 Å². The van der Waals surface area contributed by atoms with Crippen LogP contribution in [0.4, 0.5) is 0 Å². The fraction of sp³-hybridized carbons (Fsp3) is 0.346. The molecule has 0 radical (unpaired) electrons. The van der Waals surface area contributed by atoms with E-state index in [4.69, 9.17) is 0 Å². The van der Waals surface area contributed by atoms with E-state index in [-0.39, 0.29) is 23.8 Å². The van der Waals surface area contributed by atoms with E-state index in [0.717, 1.165) is 16.5 Å². The van der Waals surface area contributed by atoms with Crippen LogP contribution in [0.3, 0.4) is 0 Å². The Bertz CT molecular complexity index is 1140. The standard InChI is InChI=1S/C26H30N4O3/c1-3-24(31)28-23(15-20-16-27-22-12-8-7-11-21(20)22)26(33)29-13-14-30(18(2)17-29)25(32)19-9-5-4-6-10-19/h4-12,16,18,23,27H,3,13-15,17H2,1-2H3,(H,28,31). The van der Waals surface area contributed by atoms with E-state index < -0.39 is 6.04 Å². The Morgan fingerprint density at radius 2 is 1.79 bits per heavy atom. The van der Waals surface area contributed by atoms with Crippen LogP contribution in [0, 0.1) is 0 Å². The van der Waals surface area contributed by atoms with Gasteiger partial charge in [-0.15, -0.1) is 0 Å². The Labute approximate surface area is 193 Å². The van der Waals surface area contributed by atoms with E-state index in [0.29, 0.717) is 38.0 Å². The monoisotopic (exact) mass is 446 g/mol. The molecule has 1 fully saturated rings. The van der Waals surface area contributed by atoms with E-state index >= 15 is 0 Å². The van der Waals surface area contributed by atoms with E-state index in [1.807, 2.05) is 72.6 Å². The van der Waals surface area contributed by atoms with E-state index in [9.17, 15) is 14.4 Å². The molecule has 3 amide bonds. The molecule has 0 spiro atoms. The number of carbonyl (C=O) groups is 3. The highest BCUT2D eigenvalue weighted by atomic mass is 16.2. The third kappa shape index (κ3) is 4.92. The average molecular weight is 447 g/mol. The number of H-pyrrole nitrogens is 1. The Balaban J connectivity index is 1.48. The number of piperazine rings is 1. The van der Waals surface area contributed by atoms with Gasteiger partial charge >= 0.3 is 0 Å². The van der Waals surface area contributed by atoms with Gasteiger partial charge in [-0.25, -0.2) is 0 Å². The molecule has 2 heterocycles. The van der Waals surface area contributed by atoms with Crippen molar-refractivity contribution in [2.24, 2.45) is 0 Å². The quantitative estimate of drug-likeness (QED) is 0.611. The summed E-state index contributed by atoms with van der Waals surface area (Å²) >= 11 is 0. The number of hydrogen-bond acceptors (Lipinski definition) is 3. The first-order valence-corrected chi connectivity index (χ1v) is 11.5.